The second-order valence-electron chi connectivity index (χ2n) is 6.40. The minimum atomic E-state index is -0.144. The molecule has 4 atom stereocenters. The lowest BCUT2D eigenvalue weighted by Gasteiger charge is -2.44. The number of likely N-dealkylation sites (N-methyl/N-ethyl adjacent to an activating group) is 1. The van der Waals surface area contributed by atoms with Crippen LogP contribution in [0.3, 0.4) is 0 Å². The summed E-state index contributed by atoms with van der Waals surface area (Å²) in [6.45, 7) is 13.6. The topological polar surface area (TPSA) is 35.5 Å². The summed E-state index contributed by atoms with van der Waals surface area (Å²) in [6, 6.07) is 1.19. The van der Waals surface area contributed by atoms with Crippen molar-refractivity contribution in [2.45, 2.75) is 71.5 Å². The first kappa shape index (κ1) is 15.9. The standard InChI is InChI=1S/C15H32N2O/c1-6-16-15(5,11-18)10-13(3)17-9-7-8-12(2)14(17)4/h12-14,16,18H,6-11H2,1-5H3. The van der Waals surface area contributed by atoms with Crippen LogP contribution in [0.1, 0.15) is 53.9 Å². The number of nitrogens with zero attached hydrogens (tertiary/aromatic N) is 1. The van der Waals surface area contributed by atoms with E-state index in [-0.39, 0.29) is 12.1 Å². The van der Waals surface area contributed by atoms with E-state index < -0.39 is 0 Å². The number of rotatable bonds is 6. The van der Waals surface area contributed by atoms with E-state index in [9.17, 15) is 5.11 Å². The summed E-state index contributed by atoms with van der Waals surface area (Å²) in [4.78, 5) is 2.62. The lowest BCUT2D eigenvalue weighted by molar-refractivity contribution is 0.0479. The smallest absolute Gasteiger partial charge is 0.0611 e. The highest BCUT2D eigenvalue weighted by Crippen LogP contribution is 2.27. The average Bonchev–Trinajstić information content (AvgIpc) is 2.32. The molecule has 0 aromatic heterocycles. The van der Waals surface area contributed by atoms with Crippen LogP contribution >= 0.6 is 0 Å². The van der Waals surface area contributed by atoms with Gasteiger partial charge in [0.2, 0.25) is 0 Å². The molecule has 1 fully saturated rings. The number of likely N-dealkylation sites (tertiary alicyclic amines) is 1. The number of hydrogen-bond donors (Lipinski definition) is 2. The maximum Gasteiger partial charge on any atom is 0.0611 e. The van der Waals surface area contributed by atoms with Gasteiger partial charge in [-0.2, -0.15) is 0 Å². The molecular formula is C15H32N2O. The molecular weight excluding hydrogens is 224 g/mol. The fraction of sp³-hybridized carbons (Fsp3) is 1.00. The molecule has 1 saturated heterocycles. The molecule has 0 aromatic rings. The van der Waals surface area contributed by atoms with Gasteiger partial charge < -0.3 is 10.4 Å². The Bertz CT molecular complexity index is 247. The third-order valence-corrected chi connectivity index (χ3v) is 4.69. The second kappa shape index (κ2) is 6.88. The maximum atomic E-state index is 9.60. The fourth-order valence-electron chi connectivity index (χ4n) is 3.38. The van der Waals surface area contributed by atoms with Crippen LogP contribution in [0.5, 0.6) is 0 Å². The van der Waals surface area contributed by atoms with E-state index in [2.05, 4.69) is 44.8 Å². The molecule has 4 unspecified atom stereocenters. The van der Waals surface area contributed by atoms with Crippen molar-refractivity contribution in [3.8, 4) is 0 Å². The number of aliphatic hydroxyl groups excluding tert-OH is 1. The molecule has 0 aliphatic carbocycles. The van der Waals surface area contributed by atoms with E-state index in [1.165, 1.54) is 19.4 Å². The first-order chi connectivity index (χ1) is 8.43. The summed E-state index contributed by atoms with van der Waals surface area (Å²) in [7, 11) is 0. The molecule has 108 valence electrons. The quantitative estimate of drug-likeness (QED) is 0.765. The van der Waals surface area contributed by atoms with Gasteiger partial charge in [0.1, 0.15) is 0 Å². The van der Waals surface area contributed by atoms with Gasteiger partial charge in [-0.25, -0.2) is 0 Å². The van der Waals surface area contributed by atoms with E-state index in [1.807, 2.05) is 0 Å². The molecule has 1 heterocycles. The van der Waals surface area contributed by atoms with E-state index in [4.69, 9.17) is 0 Å². The molecule has 0 amide bonds. The van der Waals surface area contributed by atoms with Crippen molar-refractivity contribution in [1.29, 1.82) is 0 Å². The Morgan fingerprint density at radius 1 is 1.44 bits per heavy atom. The van der Waals surface area contributed by atoms with Crippen LogP contribution in [0.25, 0.3) is 0 Å². The molecule has 1 rings (SSSR count). The van der Waals surface area contributed by atoms with Gasteiger partial charge >= 0.3 is 0 Å². The Kier molecular flexibility index (Phi) is 6.09. The van der Waals surface area contributed by atoms with E-state index in [0.29, 0.717) is 12.1 Å². The Hall–Kier alpha value is -0.120. The molecule has 0 bridgehead atoms. The zero-order valence-electron chi connectivity index (χ0n) is 12.9. The highest BCUT2D eigenvalue weighted by molar-refractivity contribution is 4.90. The van der Waals surface area contributed by atoms with Gasteiger partial charge in [0, 0.05) is 17.6 Å². The minimum Gasteiger partial charge on any atom is -0.394 e. The van der Waals surface area contributed by atoms with Crippen LogP contribution in [0, 0.1) is 5.92 Å². The molecule has 0 spiro atoms. The number of hydrogen-bond acceptors (Lipinski definition) is 3. The highest BCUT2D eigenvalue weighted by atomic mass is 16.3. The number of aliphatic hydroxyl groups is 1. The Morgan fingerprint density at radius 2 is 2.11 bits per heavy atom. The van der Waals surface area contributed by atoms with Crippen molar-refractivity contribution in [2.24, 2.45) is 5.92 Å². The largest absolute Gasteiger partial charge is 0.394 e. The molecule has 1 aliphatic heterocycles. The average molecular weight is 256 g/mol. The van der Waals surface area contributed by atoms with Gasteiger partial charge in [-0.3, -0.25) is 4.90 Å². The fourth-order valence-corrected chi connectivity index (χ4v) is 3.38. The Morgan fingerprint density at radius 3 is 2.67 bits per heavy atom. The molecule has 1 aliphatic rings. The van der Waals surface area contributed by atoms with Crippen LogP contribution in [0.4, 0.5) is 0 Å². The van der Waals surface area contributed by atoms with Crippen LogP contribution < -0.4 is 5.32 Å². The van der Waals surface area contributed by atoms with Gasteiger partial charge in [-0.1, -0.05) is 13.8 Å². The van der Waals surface area contributed by atoms with Crippen LogP contribution in [0.2, 0.25) is 0 Å². The maximum absolute atomic E-state index is 9.60. The molecule has 2 N–H and O–H groups in total. The van der Waals surface area contributed by atoms with E-state index in [1.54, 1.807) is 0 Å². The zero-order valence-corrected chi connectivity index (χ0v) is 12.9. The van der Waals surface area contributed by atoms with E-state index >= 15 is 0 Å². The normalized spacial score (nSPS) is 31.0. The Balaban J connectivity index is 2.60. The summed E-state index contributed by atoms with van der Waals surface area (Å²) in [6.07, 6.45) is 3.68. The molecule has 0 saturated carbocycles. The molecule has 18 heavy (non-hydrogen) atoms. The van der Waals surface area contributed by atoms with Gasteiger partial charge in [0.05, 0.1) is 6.61 Å². The van der Waals surface area contributed by atoms with Gasteiger partial charge in [0.15, 0.2) is 0 Å². The third kappa shape index (κ3) is 3.94. The minimum absolute atomic E-state index is 0.144. The van der Waals surface area contributed by atoms with Crippen LogP contribution in [-0.2, 0) is 0 Å². The van der Waals surface area contributed by atoms with Crippen molar-refractivity contribution >= 4 is 0 Å². The predicted molar refractivity (Wildman–Crippen MR) is 77.8 cm³/mol. The Labute approximate surface area is 113 Å². The SMILES string of the molecule is CCNC(C)(CO)CC(C)N1CCCC(C)C1C. The first-order valence-corrected chi connectivity index (χ1v) is 7.55. The zero-order chi connectivity index (χ0) is 13.8. The third-order valence-electron chi connectivity index (χ3n) is 4.69. The summed E-state index contributed by atoms with van der Waals surface area (Å²) in [5, 5.41) is 13.0. The van der Waals surface area contributed by atoms with Gasteiger partial charge in [-0.05, 0) is 59.0 Å². The van der Waals surface area contributed by atoms with Crippen molar-refractivity contribution < 1.29 is 5.11 Å². The van der Waals surface area contributed by atoms with Crippen molar-refractivity contribution in [2.75, 3.05) is 19.7 Å². The van der Waals surface area contributed by atoms with Crippen LogP contribution in [-0.4, -0.2) is 47.3 Å². The first-order valence-electron chi connectivity index (χ1n) is 7.55. The summed E-state index contributed by atoms with van der Waals surface area (Å²) in [5.74, 6) is 0.792. The van der Waals surface area contributed by atoms with Crippen molar-refractivity contribution in [3.63, 3.8) is 0 Å². The van der Waals surface area contributed by atoms with Gasteiger partial charge in [-0.15, -0.1) is 0 Å². The molecule has 0 radical (unpaired) electrons. The number of nitrogens with one attached hydrogen (secondary N) is 1. The predicted octanol–water partition coefficient (Wildman–Crippen LogP) is 2.25. The van der Waals surface area contributed by atoms with Gasteiger partial charge in [0.25, 0.3) is 0 Å². The molecule has 0 aromatic carbocycles. The summed E-state index contributed by atoms with van der Waals surface area (Å²) in [5.41, 5.74) is -0.144. The molecule has 3 heteroatoms. The number of piperidine rings is 1. The van der Waals surface area contributed by atoms with Crippen molar-refractivity contribution in [3.05, 3.63) is 0 Å². The second-order valence-corrected chi connectivity index (χ2v) is 6.40. The lowest BCUT2D eigenvalue weighted by Crippen LogP contribution is -2.54. The molecule has 3 nitrogen and oxygen atoms in total. The summed E-state index contributed by atoms with van der Waals surface area (Å²) >= 11 is 0. The van der Waals surface area contributed by atoms with Crippen molar-refractivity contribution in [1.82, 2.24) is 10.2 Å². The lowest BCUT2D eigenvalue weighted by atomic mass is 9.87. The highest BCUT2D eigenvalue weighted by Gasteiger charge is 2.32. The van der Waals surface area contributed by atoms with Crippen LogP contribution in [0.15, 0.2) is 0 Å². The van der Waals surface area contributed by atoms with E-state index in [0.717, 1.165) is 18.9 Å². The summed E-state index contributed by atoms with van der Waals surface area (Å²) < 4.78 is 0. The monoisotopic (exact) mass is 256 g/mol.